The van der Waals surface area contributed by atoms with Crippen LogP contribution in [0.25, 0.3) is 10.9 Å². The summed E-state index contributed by atoms with van der Waals surface area (Å²) in [7, 11) is 0. The van der Waals surface area contributed by atoms with Crippen molar-refractivity contribution in [2.24, 2.45) is 17.4 Å². The van der Waals surface area contributed by atoms with Gasteiger partial charge in [0.2, 0.25) is 23.6 Å². The van der Waals surface area contributed by atoms with Crippen LogP contribution in [0.4, 0.5) is 0 Å². The predicted molar refractivity (Wildman–Crippen MR) is 143 cm³/mol. The van der Waals surface area contributed by atoms with E-state index < -0.39 is 59.9 Å². The lowest BCUT2D eigenvalue weighted by atomic mass is 10.0. The van der Waals surface area contributed by atoms with E-state index in [9.17, 15) is 34.2 Å². The number of aliphatic carboxylic acids is 1. The molecule has 0 saturated carbocycles. The third-order valence-electron chi connectivity index (χ3n) is 6.15. The van der Waals surface area contributed by atoms with Crippen molar-refractivity contribution in [3.63, 3.8) is 0 Å². The first kappa shape index (κ1) is 31.2. The number of hydrogen-bond acceptors (Lipinski definition) is 7. The number of H-pyrrole nitrogens is 1. The van der Waals surface area contributed by atoms with Gasteiger partial charge in [-0.05, 0) is 43.7 Å². The van der Waals surface area contributed by atoms with Crippen LogP contribution in [-0.2, 0) is 30.4 Å². The monoisotopic (exact) mass is 546 g/mol. The Morgan fingerprint density at radius 1 is 0.949 bits per heavy atom. The molecule has 4 amide bonds. The molecule has 5 unspecified atom stereocenters. The van der Waals surface area contributed by atoms with Crippen LogP contribution in [0.3, 0.4) is 0 Å². The minimum Gasteiger partial charge on any atom is -0.480 e. The molecule has 13 nitrogen and oxygen atoms in total. The van der Waals surface area contributed by atoms with Gasteiger partial charge in [-0.25, -0.2) is 4.79 Å². The molecule has 1 heterocycles. The normalized spacial score (nSPS) is 15.1. The number of para-hydroxylation sites is 1. The number of aliphatic hydroxyl groups excluding tert-OH is 1. The molecule has 5 atom stereocenters. The van der Waals surface area contributed by atoms with Crippen LogP contribution in [0.5, 0.6) is 0 Å². The number of carbonyl (C=O) groups is 5. The third-order valence-corrected chi connectivity index (χ3v) is 6.15. The zero-order chi connectivity index (χ0) is 29.3. The Kier molecular flexibility index (Phi) is 11.4. The number of primary amides is 1. The third kappa shape index (κ3) is 9.37. The molecule has 0 spiro atoms. The fourth-order valence-corrected chi connectivity index (χ4v) is 4.08. The molecule has 0 aliphatic rings. The number of carboxylic acids is 1. The zero-order valence-electron chi connectivity index (χ0n) is 22.3. The van der Waals surface area contributed by atoms with E-state index in [-0.39, 0.29) is 31.6 Å². The van der Waals surface area contributed by atoms with Gasteiger partial charge in [-0.15, -0.1) is 0 Å². The van der Waals surface area contributed by atoms with Crippen LogP contribution in [0.1, 0.15) is 45.6 Å². The van der Waals surface area contributed by atoms with Gasteiger partial charge in [0, 0.05) is 23.5 Å². The lowest BCUT2D eigenvalue weighted by molar-refractivity contribution is -0.145. The Morgan fingerprint density at radius 3 is 2.15 bits per heavy atom. The van der Waals surface area contributed by atoms with Crippen molar-refractivity contribution in [1.29, 1.82) is 0 Å². The summed E-state index contributed by atoms with van der Waals surface area (Å²) >= 11 is 0. The minimum absolute atomic E-state index is 0.0320. The number of nitrogens with two attached hydrogens (primary N) is 2. The van der Waals surface area contributed by atoms with Crippen LogP contribution < -0.4 is 27.4 Å². The molecule has 10 N–H and O–H groups in total. The van der Waals surface area contributed by atoms with Gasteiger partial charge >= 0.3 is 5.97 Å². The number of amides is 4. The van der Waals surface area contributed by atoms with Crippen LogP contribution >= 0.6 is 0 Å². The topological polar surface area (TPSA) is 230 Å². The van der Waals surface area contributed by atoms with E-state index in [4.69, 9.17) is 11.5 Å². The second-order valence-corrected chi connectivity index (χ2v) is 9.99. The van der Waals surface area contributed by atoms with Crippen molar-refractivity contribution in [2.75, 3.05) is 0 Å². The molecule has 0 aliphatic carbocycles. The van der Waals surface area contributed by atoms with Gasteiger partial charge in [0.25, 0.3) is 0 Å². The van der Waals surface area contributed by atoms with Gasteiger partial charge in [-0.1, -0.05) is 32.0 Å². The highest BCUT2D eigenvalue weighted by Gasteiger charge is 2.32. The Labute approximate surface area is 226 Å². The Hall–Kier alpha value is -3.97. The average molecular weight is 547 g/mol. The summed E-state index contributed by atoms with van der Waals surface area (Å²) in [6.45, 7) is 4.87. The van der Waals surface area contributed by atoms with E-state index >= 15 is 0 Å². The van der Waals surface area contributed by atoms with Crippen LogP contribution in [-0.4, -0.2) is 75.1 Å². The zero-order valence-corrected chi connectivity index (χ0v) is 22.3. The first-order valence-electron chi connectivity index (χ1n) is 12.7. The Morgan fingerprint density at radius 2 is 1.56 bits per heavy atom. The van der Waals surface area contributed by atoms with Gasteiger partial charge < -0.3 is 42.6 Å². The quantitative estimate of drug-likeness (QED) is 0.142. The molecule has 0 fully saturated rings. The number of carbonyl (C=O) groups excluding carboxylic acids is 4. The molecule has 0 radical (unpaired) electrons. The second-order valence-electron chi connectivity index (χ2n) is 9.99. The fraction of sp³-hybridized carbons (Fsp3) is 0.500. The Bertz CT molecular complexity index is 1180. The molecule has 2 rings (SSSR count). The molecule has 1 aromatic carbocycles. The summed E-state index contributed by atoms with van der Waals surface area (Å²) in [5.41, 5.74) is 13.1. The molecule has 0 bridgehead atoms. The van der Waals surface area contributed by atoms with Crippen LogP contribution in [0, 0.1) is 5.92 Å². The summed E-state index contributed by atoms with van der Waals surface area (Å²) in [5.74, 6) is -4.46. The van der Waals surface area contributed by atoms with Crippen molar-refractivity contribution in [1.82, 2.24) is 20.9 Å². The summed E-state index contributed by atoms with van der Waals surface area (Å²) < 4.78 is 0. The minimum atomic E-state index is -1.64. The average Bonchev–Trinajstić information content (AvgIpc) is 3.26. The first-order chi connectivity index (χ1) is 18.3. The van der Waals surface area contributed by atoms with Crippen molar-refractivity contribution >= 4 is 40.5 Å². The highest BCUT2D eigenvalue weighted by Crippen LogP contribution is 2.19. The molecule has 1 aromatic heterocycles. The van der Waals surface area contributed by atoms with E-state index in [1.165, 1.54) is 6.92 Å². The van der Waals surface area contributed by atoms with Crippen LogP contribution in [0.2, 0.25) is 0 Å². The van der Waals surface area contributed by atoms with Crippen molar-refractivity contribution < 1.29 is 34.2 Å². The summed E-state index contributed by atoms with van der Waals surface area (Å²) in [5, 5.41) is 27.2. The number of benzene rings is 1. The van der Waals surface area contributed by atoms with Crippen molar-refractivity contribution in [2.45, 2.75) is 76.7 Å². The summed E-state index contributed by atoms with van der Waals surface area (Å²) in [6.07, 6.45) is 0.280. The van der Waals surface area contributed by atoms with Gasteiger partial charge in [0.1, 0.15) is 12.1 Å². The maximum absolute atomic E-state index is 13.2. The summed E-state index contributed by atoms with van der Waals surface area (Å²) in [6, 6.07) is 2.54. The number of hydrogen-bond donors (Lipinski definition) is 8. The molecule has 13 heteroatoms. The molecular formula is C26H38N6O7. The lowest BCUT2D eigenvalue weighted by Gasteiger charge is -2.26. The van der Waals surface area contributed by atoms with E-state index in [1.807, 2.05) is 38.1 Å². The van der Waals surface area contributed by atoms with Crippen molar-refractivity contribution in [3.8, 4) is 0 Å². The van der Waals surface area contributed by atoms with Gasteiger partial charge in [0.15, 0.2) is 6.04 Å². The van der Waals surface area contributed by atoms with E-state index in [1.54, 1.807) is 6.20 Å². The fourth-order valence-electron chi connectivity index (χ4n) is 4.08. The van der Waals surface area contributed by atoms with Gasteiger partial charge in [0.05, 0.1) is 12.1 Å². The number of nitrogens with one attached hydrogen (secondary N) is 4. The molecule has 214 valence electrons. The van der Waals surface area contributed by atoms with Crippen LogP contribution in [0.15, 0.2) is 30.5 Å². The van der Waals surface area contributed by atoms with E-state index in [0.717, 1.165) is 16.5 Å². The molecule has 39 heavy (non-hydrogen) atoms. The van der Waals surface area contributed by atoms with Crippen molar-refractivity contribution in [3.05, 3.63) is 36.0 Å². The highest BCUT2D eigenvalue weighted by molar-refractivity contribution is 5.94. The number of aromatic amines is 1. The second kappa shape index (κ2) is 14.3. The molecule has 0 aliphatic heterocycles. The van der Waals surface area contributed by atoms with Gasteiger partial charge in [-0.3, -0.25) is 19.2 Å². The number of rotatable bonds is 15. The maximum Gasteiger partial charge on any atom is 0.328 e. The standard InChI is InChI=1S/C26H38N6O7/c1-13(2)10-20(31-23(35)17(27)11-15-12-29-18-7-5-4-6-16(15)18)25(37)30-19(8-9-21(28)34)24(36)32-22(14(3)33)26(38)39/h4-7,12-14,17,19-20,22,29,33H,8-11,27H2,1-3H3,(H2,28,34)(H,30,37)(H,31,35)(H,32,36)(H,38,39). The number of fused-ring (bicyclic) bond motifs is 1. The van der Waals surface area contributed by atoms with E-state index in [2.05, 4.69) is 20.9 Å². The van der Waals surface area contributed by atoms with Gasteiger partial charge in [-0.2, -0.15) is 0 Å². The maximum atomic E-state index is 13.2. The smallest absolute Gasteiger partial charge is 0.328 e. The lowest BCUT2D eigenvalue weighted by Crippen LogP contribution is -2.58. The molecule has 0 saturated heterocycles. The highest BCUT2D eigenvalue weighted by atomic mass is 16.4. The SMILES string of the molecule is CC(C)CC(NC(=O)C(N)Cc1c[nH]c2ccccc12)C(=O)NC(CCC(N)=O)C(=O)NC(C(=O)O)C(C)O. The summed E-state index contributed by atoms with van der Waals surface area (Å²) in [4.78, 5) is 64.8. The number of carboxylic acid groups (broad SMARTS) is 1. The molecular weight excluding hydrogens is 508 g/mol. The number of aromatic nitrogens is 1. The Balaban J connectivity index is 2.15. The molecule has 2 aromatic rings. The number of aliphatic hydroxyl groups is 1. The van der Waals surface area contributed by atoms with E-state index in [0.29, 0.717) is 0 Å². The largest absolute Gasteiger partial charge is 0.480 e. The first-order valence-corrected chi connectivity index (χ1v) is 12.7. The predicted octanol–water partition coefficient (Wildman–Crippen LogP) is -0.731.